The van der Waals surface area contributed by atoms with Gasteiger partial charge in [0, 0.05) is 30.1 Å². The summed E-state index contributed by atoms with van der Waals surface area (Å²) in [5.74, 6) is 1.43. The predicted octanol–water partition coefficient (Wildman–Crippen LogP) is 2.73. The zero-order valence-corrected chi connectivity index (χ0v) is 16.5. The maximum absolute atomic E-state index is 11.1. The lowest BCUT2D eigenvalue weighted by Gasteiger charge is -2.31. The number of hydrogen-bond donors (Lipinski definition) is 2. The number of carbonyl (C=O) groups is 1. The van der Waals surface area contributed by atoms with Gasteiger partial charge in [-0.05, 0) is 30.5 Å². The Morgan fingerprint density at radius 1 is 1.29 bits per heavy atom. The van der Waals surface area contributed by atoms with Gasteiger partial charge in [-0.25, -0.2) is 9.97 Å². The van der Waals surface area contributed by atoms with Crippen LogP contribution in [0.3, 0.4) is 0 Å². The fourth-order valence-electron chi connectivity index (χ4n) is 3.62. The molecule has 0 radical (unpaired) electrons. The number of likely N-dealkylation sites (tertiary alicyclic amines) is 1. The number of rotatable bonds is 6. The van der Waals surface area contributed by atoms with Crippen LogP contribution >= 0.6 is 11.3 Å². The molecule has 3 heterocycles. The first-order valence-electron chi connectivity index (χ1n) is 9.28. The summed E-state index contributed by atoms with van der Waals surface area (Å²) in [4.78, 5) is 23.2. The quantitative estimate of drug-likeness (QED) is 0.664. The Morgan fingerprint density at radius 3 is 2.71 bits per heavy atom. The lowest BCUT2D eigenvalue weighted by Crippen LogP contribution is -2.43. The Labute approximate surface area is 167 Å². The number of methoxy groups -OCH3 is 1. The molecule has 0 bridgehead atoms. The number of ether oxygens (including phenoxy) is 1. The molecule has 8 heteroatoms. The number of anilines is 1. The van der Waals surface area contributed by atoms with Crippen LogP contribution in [0.4, 0.5) is 5.82 Å². The van der Waals surface area contributed by atoms with Crippen molar-refractivity contribution in [3.05, 3.63) is 36.0 Å². The number of primary amides is 1. The van der Waals surface area contributed by atoms with Crippen LogP contribution in [-0.4, -0.2) is 53.6 Å². The molecule has 1 aliphatic heterocycles. The van der Waals surface area contributed by atoms with Crippen molar-refractivity contribution in [3.8, 4) is 16.9 Å². The zero-order valence-electron chi connectivity index (χ0n) is 15.7. The van der Waals surface area contributed by atoms with Crippen LogP contribution in [0.25, 0.3) is 21.3 Å². The van der Waals surface area contributed by atoms with Gasteiger partial charge in [0.05, 0.1) is 19.0 Å². The van der Waals surface area contributed by atoms with Crippen molar-refractivity contribution in [3.63, 3.8) is 0 Å². The minimum absolute atomic E-state index is 0.272. The van der Waals surface area contributed by atoms with Gasteiger partial charge in [0.25, 0.3) is 0 Å². The number of hydrogen-bond acceptors (Lipinski definition) is 7. The van der Waals surface area contributed by atoms with Crippen LogP contribution < -0.4 is 15.8 Å². The number of fused-ring (bicyclic) bond motifs is 1. The molecule has 1 aromatic carbocycles. The normalized spacial score (nSPS) is 15.6. The molecule has 0 atom stereocenters. The van der Waals surface area contributed by atoms with E-state index in [1.807, 2.05) is 12.1 Å². The molecule has 1 saturated heterocycles. The lowest BCUT2D eigenvalue weighted by atomic mass is 10.0. The van der Waals surface area contributed by atoms with Gasteiger partial charge in [-0.2, -0.15) is 0 Å². The summed E-state index contributed by atoms with van der Waals surface area (Å²) in [6.07, 6.45) is 3.50. The molecule has 1 aliphatic rings. The van der Waals surface area contributed by atoms with Crippen LogP contribution in [0.2, 0.25) is 0 Å². The minimum Gasteiger partial charge on any atom is -0.497 e. The second kappa shape index (κ2) is 8.12. The van der Waals surface area contributed by atoms with Crippen LogP contribution in [0.15, 0.2) is 36.0 Å². The molecule has 7 nitrogen and oxygen atoms in total. The molecule has 0 unspecified atom stereocenters. The van der Waals surface area contributed by atoms with E-state index in [0.29, 0.717) is 12.6 Å². The van der Waals surface area contributed by atoms with Crippen molar-refractivity contribution in [2.45, 2.75) is 18.9 Å². The maximum atomic E-state index is 11.1. The number of nitrogens with zero attached hydrogens (tertiary/aromatic N) is 3. The van der Waals surface area contributed by atoms with Crippen LogP contribution in [0.5, 0.6) is 5.75 Å². The highest BCUT2D eigenvalue weighted by Crippen LogP contribution is 2.37. The molecule has 0 saturated carbocycles. The summed E-state index contributed by atoms with van der Waals surface area (Å²) in [6.45, 7) is 2.03. The van der Waals surface area contributed by atoms with Crippen molar-refractivity contribution >= 4 is 33.3 Å². The Hall–Kier alpha value is -2.71. The molecule has 2 aromatic heterocycles. The average molecular weight is 398 g/mol. The summed E-state index contributed by atoms with van der Waals surface area (Å²) < 4.78 is 5.26. The van der Waals surface area contributed by atoms with Crippen molar-refractivity contribution in [1.29, 1.82) is 0 Å². The van der Waals surface area contributed by atoms with Gasteiger partial charge >= 0.3 is 0 Å². The van der Waals surface area contributed by atoms with E-state index < -0.39 is 0 Å². The fraction of sp³-hybridized carbons (Fsp3) is 0.350. The molecule has 0 spiro atoms. The van der Waals surface area contributed by atoms with Crippen LogP contribution in [0, 0.1) is 0 Å². The largest absolute Gasteiger partial charge is 0.497 e. The third-order valence-corrected chi connectivity index (χ3v) is 5.97. The van der Waals surface area contributed by atoms with E-state index in [9.17, 15) is 4.79 Å². The molecule has 1 amide bonds. The number of amides is 1. The summed E-state index contributed by atoms with van der Waals surface area (Å²) in [6, 6.07) is 8.35. The van der Waals surface area contributed by atoms with Gasteiger partial charge < -0.3 is 15.8 Å². The first kappa shape index (κ1) is 18.6. The fourth-order valence-corrected chi connectivity index (χ4v) is 4.53. The van der Waals surface area contributed by atoms with Crippen molar-refractivity contribution in [2.75, 3.05) is 32.1 Å². The van der Waals surface area contributed by atoms with Gasteiger partial charge in [-0.1, -0.05) is 12.1 Å². The topological polar surface area (TPSA) is 93.4 Å². The molecule has 3 N–H and O–H groups in total. The molecular formula is C20H23N5O2S. The Balaban J connectivity index is 1.56. The monoisotopic (exact) mass is 397 g/mol. The maximum Gasteiger partial charge on any atom is 0.231 e. The highest BCUT2D eigenvalue weighted by molar-refractivity contribution is 7.17. The number of nitrogens with one attached hydrogen (secondary N) is 1. The first-order valence-corrected chi connectivity index (χ1v) is 10.2. The van der Waals surface area contributed by atoms with E-state index in [1.54, 1.807) is 24.8 Å². The number of benzene rings is 1. The number of piperidine rings is 1. The molecular weight excluding hydrogens is 374 g/mol. The molecule has 1 fully saturated rings. The zero-order chi connectivity index (χ0) is 19.5. The Kier molecular flexibility index (Phi) is 5.40. The smallest absolute Gasteiger partial charge is 0.231 e. The summed E-state index contributed by atoms with van der Waals surface area (Å²) >= 11 is 1.62. The molecule has 4 rings (SSSR count). The second-order valence-electron chi connectivity index (χ2n) is 6.94. The lowest BCUT2D eigenvalue weighted by molar-refractivity contribution is -0.119. The van der Waals surface area contributed by atoms with Gasteiger partial charge in [0.2, 0.25) is 5.91 Å². The third-order valence-electron chi connectivity index (χ3n) is 5.08. The van der Waals surface area contributed by atoms with Crippen molar-refractivity contribution < 1.29 is 9.53 Å². The number of nitrogens with two attached hydrogens (primary N) is 1. The number of carbonyl (C=O) groups excluding carboxylic acids is 1. The molecule has 28 heavy (non-hydrogen) atoms. The average Bonchev–Trinajstić information content (AvgIpc) is 3.14. The number of thiophene rings is 1. The molecule has 3 aromatic rings. The third kappa shape index (κ3) is 3.93. The van der Waals surface area contributed by atoms with E-state index >= 15 is 0 Å². The first-order chi connectivity index (χ1) is 13.6. The van der Waals surface area contributed by atoms with Crippen LogP contribution in [-0.2, 0) is 4.79 Å². The highest BCUT2D eigenvalue weighted by Gasteiger charge is 2.22. The Morgan fingerprint density at radius 2 is 2.04 bits per heavy atom. The molecule has 0 aliphatic carbocycles. The highest BCUT2D eigenvalue weighted by atomic mass is 32.1. The van der Waals surface area contributed by atoms with Gasteiger partial charge in [-0.3, -0.25) is 9.69 Å². The Bertz CT molecular complexity index is 964. The van der Waals surface area contributed by atoms with E-state index in [2.05, 4.69) is 37.7 Å². The second-order valence-corrected chi connectivity index (χ2v) is 7.80. The number of aromatic nitrogens is 2. The standard InChI is InChI=1S/C20H23N5O2S/c1-27-15-4-2-13(3-5-15)16-11-28-20-18(16)19(22-12-23-20)24-14-6-8-25(9-7-14)10-17(21)26/h2-5,11-12,14H,6-10H2,1H3,(H2,21,26)(H,22,23,24). The van der Waals surface area contributed by atoms with Gasteiger partial charge in [-0.15, -0.1) is 11.3 Å². The van der Waals surface area contributed by atoms with Crippen molar-refractivity contribution in [2.24, 2.45) is 5.73 Å². The SMILES string of the molecule is COc1ccc(-c2csc3ncnc(NC4CCN(CC(N)=O)CC4)c23)cc1. The predicted molar refractivity (Wildman–Crippen MR) is 112 cm³/mol. The van der Waals surface area contributed by atoms with Gasteiger partial charge in [0.15, 0.2) is 0 Å². The van der Waals surface area contributed by atoms with E-state index in [-0.39, 0.29) is 5.91 Å². The van der Waals surface area contributed by atoms with Gasteiger partial charge in [0.1, 0.15) is 22.7 Å². The van der Waals surface area contributed by atoms with E-state index in [1.165, 1.54) is 0 Å². The summed E-state index contributed by atoms with van der Waals surface area (Å²) in [5.41, 5.74) is 7.54. The summed E-state index contributed by atoms with van der Waals surface area (Å²) in [7, 11) is 1.67. The van der Waals surface area contributed by atoms with E-state index in [0.717, 1.165) is 58.8 Å². The minimum atomic E-state index is -0.272. The van der Waals surface area contributed by atoms with Crippen LogP contribution in [0.1, 0.15) is 12.8 Å². The summed E-state index contributed by atoms with van der Waals surface area (Å²) in [5, 5.41) is 6.78. The van der Waals surface area contributed by atoms with E-state index in [4.69, 9.17) is 10.5 Å². The molecule has 146 valence electrons. The van der Waals surface area contributed by atoms with Crippen molar-refractivity contribution in [1.82, 2.24) is 14.9 Å².